The summed E-state index contributed by atoms with van der Waals surface area (Å²) in [6.45, 7) is 0.543. The normalized spacial score (nSPS) is 10.8. The van der Waals surface area contributed by atoms with Crippen LogP contribution in [0.5, 0.6) is 5.75 Å². The van der Waals surface area contributed by atoms with Crippen LogP contribution in [0.2, 0.25) is 5.02 Å². The summed E-state index contributed by atoms with van der Waals surface area (Å²) in [7, 11) is 0. The SMILES string of the molecule is Fc1ccc(OCCCSc2nnnn2-c2ccc(Cl)cc2)cc1. The molecule has 2 aromatic carbocycles. The van der Waals surface area contributed by atoms with Crippen molar-refractivity contribution < 1.29 is 9.13 Å². The highest BCUT2D eigenvalue weighted by atomic mass is 35.5. The maximum Gasteiger partial charge on any atom is 0.214 e. The van der Waals surface area contributed by atoms with E-state index in [0.717, 1.165) is 17.9 Å². The lowest BCUT2D eigenvalue weighted by Crippen LogP contribution is -2.01. The molecule has 0 amide bonds. The molecule has 0 saturated heterocycles. The van der Waals surface area contributed by atoms with Crippen molar-refractivity contribution >= 4 is 23.4 Å². The van der Waals surface area contributed by atoms with E-state index in [-0.39, 0.29) is 5.82 Å². The van der Waals surface area contributed by atoms with Crippen molar-refractivity contribution in [2.45, 2.75) is 11.6 Å². The number of rotatable bonds is 7. The first-order valence-electron chi connectivity index (χ1n) is 7.28. The molecule has 0 N–H and O–H groups in total. The molecule has 0 fully saturated rings. The number of benzene rings is 2. The summed E-state index contributed by atoms with van der Waals surface area (Å²) in [5.41, 5.74) is 0.856. The second-order valence-corrected chi connectivity index (χ2v) is 6.35. The van der Waals surface area contributed by atoms with Crippen LogP contribution in [0.3, 0.4) is 0 Å². The molecule has 3 aromatic rings. The Balaban J connectivity index is 1.48. The Morgan fingerprint density at radius 2 is 1.83 bits per heavy atom. The fourth-order valence-electron chi connectivity index (χ4n) is 1.96. The number of hydrogen-bond donors (Lipinski definition) is 0. The zero-order valence-corrected chi connectivity index (χ0v) is 14.2. The standard InChI is InChI=1S/C16H14ClFN4OS/c17-12-2-6-14(7-3-12)22-16(19-20-21-22)24-11-1-10-23-15-8-4-13(18)5-9-15/h2-9H,1,10-11H2. The number of hydrogen-bond acceptors (Lipinski definition) is 5. The van der Waals surface area contributed by atoms with E-state index in [0.29, 0.717) is 22.5 Å². The summed E-state index contributed by atoms with van der Waals surface area (Å²) in [6.07, 6.45) is 0.815. The van der Waals surface area contributed by atoms with E-state index in [9.17, 15) is 4.39 Å². The summed E-state index contributed by atoms with van der Waals surface area (Å²) in [5, 5.41) is 13.1. The van der Waals surface area contributed by atoms with Gasteiger partial charge in [-0.05, 0) is 65.4 Å². The summed E-state index contributed by atoms with van der Waals surface area (Å²) in [6, 6.07) is 13.3. The first-order chi connectivity index (χ1) is 11.7. The smallest absolute Gasteiger partial charge is 0.214 e. The van der Waals surface area contributed by atoms with Crippen LogP contribution in [-0.2, 0) is 0 Å². The van der Waals surface area contributed by atoms with Crippen LogP contribution in [0, 0.1) is 5.82 Å². The lowest BCUT2D eigenvalue weighted by atomic mass is 10.3. The topological polar surface area (TPSA) is 52.8 Å². The molecular weight excluding hydrogens is 351 g/mol. The maximum atomic E-state index is 12.8. The summed E-state index contributed by atoms with van der Waals surface area (Å²) in [5.74, 6) is 1.19. The van der Waals surface area contributed by atoms with Crippen molar-refractivity contribution in [3.05, 3.63) is 59.4 Å². The second kappa shape index (κ2) is 8.12. The third-order valence-electron chi connectivity index (χ3n) is 3.11. The number of halogens is 2. The molecule has 0 saturated carbocycles. The molecule has 1 heterocycles. The van der Waals surface area contributed by atoms with Crippen LogP contribution in [0.1, 0.15) is 6.42 Å². The predicted molar refractivity (Wildman–Crippen MR) is 91.4 cm³/mol. The van der Waals surface area contributed by atoms with Crippen molar-refractivity contribution in [3.63, 3.8) is 0 Å². The lowest BCUT2D eigenvalue weighted by Gasteiger charge is -2.06. The first kappa shape index (κ1) is 16.7. The molecule has 124 valence electrons. The highest BCUT2D eigenvalue weighted by molar-refractivity contribution is 7.99. The zero-order valence-electron chi connectivity index (χ0n) is 12.6. The highest BCUT2D eigenvalue weighted by Crippen LogP contribution is 2.20. The zero-order chi connectivity index (χ0) is 16.8. The van der Waals surface area contributed by atoms with Crippen LogP contribution in [0.4, 0.5) is 4.39 Å². The highest BCUT2D eigenvalue weighted by Gasteiger charge is 2.08. The molecule has 24 heavy (non-hydrogen) atoms. The Kier molecular flexibility index (Phi) is 5.66. The number of aromatic nitrogens is 4. The molecule has 3 rings (SSSR count). The van der Waals surface area contributed by atoms with Gasteiger partial charge in [0.2, 0.25) is 5.16 Å². The second-order valence-electron chi connectivity index (χ2n) is 4.85. The summed E-state index contributed by atoms with van der Waals surface area (Å²) < 4.78 is 20.0. The molecule has 0 aliphatic rings. The first-order valence-corrected chi connectivity index (χ1v) is 8.64. The summed E-state index contributed by atoms with van der Waals surface area (Å²) in [4.78, 5) is 0. The van der Waals surface area contributed by atoms with Crippen LogP contribution in [0.25, 0.3) is 5.69 Å². The van der Waals surface area contributed by atoms with Crippen molar-refractivity contribution in [2.24, 2.45) is 0 Å². The Bertz CT molecular complexity index is 780. The van der Waals surface area contributed by atoms with Crippen molar-refractivity contribution in [1.29, 1.82) is 0 Å². The lowest BCUT2D eigenvalue weighted by molar-refractivity contribution is 0.318. The van der Waals surface area contributed by atoms with Gasteiger partial charge >= 0.3 is 0 Å². The van der Waals surface area contributed by atoms with E-state index in [1.165, 1.54) is 12.1 Å². The van der Waals surface area contributed by atoms with Gasteiger partial charge in [0.05, 0.1) is 12.3 Å². The molecule has 0 atom stereocenters. The van der Waals surface area contributed by atoms with Crippen LogP contribution < -0.4 is 4.74 Å². The van der Waals surface area contributed by atoms with Gasteiger partial charge in [0.15, 0.2) is 0 Å². The minimum atomic E-state index is -0.271. The van der Waals surface area contributed by atoms with E-state index in [1.54, 1.807) is 40.7 Å². The molecule has 5 nitrogen and oxygen atoms in total. The number of nitrogens with zero attached hydrogens (tertiary/aromatic N) is 4. The molecule has 0 bridgehead atoms. The minimum Gasteiger partial charge on any atom is -0.494 e. The van der Waals surface area contributed by atoms with E-state index in [1.807, 2.05) is 12.1 Å². The van der Waals surface area contributed by atoms with Gasteiger partial charge < -0.3 is 4.74 Å². The Morgan fingerprint density at radius 3 is 2.58 bits per heavy atom. The number of tetrazole rings is 1. The van der Waals surface area contributed by atoms with Gasteiger partial charge in [0, 0.05) is 10.8 Å². The van der Waals surface area contributed by atoms with E-state index in [2.05, 4.69) is 15.5 Å². The van der Waals surface area contributed by atoms with Crippen molar-refractivity contribution in [2.75, 3.05) is 12.4 Å². The molecule has 0 unspecified atom stereocenters. The molecule has 8 heteroatoms. The molecular formula is C16H14ClFN4OS. The maximum absolute atomic E-state index is 12.8. The van der Waals surface area contributed by atoms with Crippen LogP contribution in [-0.4, -0.2) is 32.6 Å². The van der Waals surface area contributed by atoms with E-state index in [4.69, 9.17) is 16.3 Å². The monoisotopic (exact) mass is 364 g/mol. The average molecular weight is 365 g/mol. The fourth-order valence-corrected chi connectivity index (χ4v) is 2.89. The quantitative estimate of drug-likeness (QED) is 0.468. The third kappa shape index (κ3) is 4.46. The molecule has 0 radical (unpaired) electrons. The largest absolute Gasteiger partial charge is 0.494 e. The fraction of sp³-hybridized carbons (Fsp3) is 0.188. The van der Waals surface area contributed by atoms with Gasteiger partial charge in [-0.2, -0.15) is 4.68 Å². The molecule has 0 aliphatic heterocycles. The number of ether oxygens (including phenoxy) is 1. The van der Waals surface area contributed by atoms with Gasteiger partial charge in [0.25, 0.3) is 0 Å². The Hall–Kier alpha value is -2.12. The van der Waals surface area contributed by atoms with Gasteiger partial charge in [-0.25, -0.2) is 4.39 Å². The van der Waals surface area contributed by atoms with E-state index >= 15 is 0 Å². The third-order valence-corrected chi connectivity index (χ3v) is 4.37. The molecule has 1 aromatic heterocycles. The van der Waals surface area contributed by atoms with Crippen molar-refractivity contribution in [3.8, 4) is 11.4 Å². The molecule has 0 spiro atoms. The number of thioether (sulfide) groups is 1. The average Bonchev–Trinajstić information content (AvgIpc) is 3.05. The van der Waals surface area contributed by atoms with Gasteiger partial charge in [-0.15, -0.1) is 5.10 Å². The van der Waals surface area contributed by atoms with E-state index < -0.39 is 0 Å². The minimum absolute atomic E-state index is 0.271. The summed E-state index contributed by atoms with van der Waals surface area (Å²) >= 11 is 7.43. The Labute approximate surface area is 147 Å². The Morgan fingerprint density at radius 1 is 1.08 bits per heavy atom. The molecule has 0 aliphatic carbocycles. The van der Waals surface area contributed by atoms with Gasteiger partial charge in [-0.1, -0.05) is 23.4 Å². The van der Waals surface area contributed by atoms with Crippen LogP contribution in [0.15, 0.2) is 53.7 Å². The van der Waals surface area contributed by atoms with Gasteiger partial charge in [0.1, 0.15) is 11.6 Å². The van der Waals surface area contributed by atoms with Crippen LogP contribution >= 0.6 is 23.4 Å². The van der Waals surface area contributed by atoms with Crippen molar-refractivity contribution in [1.82, 2.24) is 20.2 Å². The predicted octanol–water partition coefficient (Wildman–Crippen LogP) is 4.02. The van der Waals surface area contributed by atoms with Gasteiger partial charge in [-0.3, -0.25) is 0 Å².